The van der Waals surface area contributed by atoms with E-state index < -0.39 is 30.0 Å². The highest BCUT2D eigenvalue weighted by Crippen LogP contribution is 2.52. The third kappa shape index (κ3) is 4.56. The van der Waals surface area contributed by atoms with E-state index in [4.69, 9.17) is 9.47 Å². The van der Waals surface area contributed by atoms with E-state index in [1.54, 1.807) is 13.8 Å². The van der Waals surface area contributed by atoms with Crippen molar-refractivity contribution in [1.82, 2.24) is 0 Å². The summed E-state index contributed by atoms with van der Waals surface area (Å²) in [5.41, 5.74) is -7.60. The van der Waals surface area contributed by atoms with E-state index in [1.165, 1.54) is 24.3 Å². The number of ether oxygens (including phenoxy) is 2. The molecule has 0 bridgehead atoms. The van der Waals surface area contributed by atoms with Gasteiger partial charge in [0.25, 0.3) is 0 Å². The van der Waals surface area contributed by atoms with Gasteiger partial charge >= 0.3 is 18.0 Å². The second kappa shape index (κ2) is 7.01. The summed E-state index contributed by atoms with van der Waals surface area (Å²) in [4.78, 5) is 0. The maximum absolute atomic E-state index is 14.1. The summed E-state index contributed by atoms with van der Waals surface area (Å²) in [5, 5.41) is 0. The van der Waals surface area contributed by atoms with E-state index in [0.29, 0.717) is 5.75 Å². The van der Waals surface area contributed by atoms with E-state index in [0.717, 1.165) is 14.0 Å². The van der Waals surface area contributed by atoms with Gasteiger partial charge in [0.2, 0.25) is 0 Å². The van der Waals surface area contributed by atoms with Gasteiger partial charge in [-0.15, -0.1) is 0 Å². The SMILES string of the molecule is COC(C)(CC(F)(C(F)(F)F)C(F)(F)F)c1ccc(OC(C)C)cc1. The van der Waals surface area contributed by atoms with E-state index >= 15 is 0 Å². The molecule has 0 aliphatic carbocycles. The summed E-state index contributed by atoms with van der Waals surface area (Å²) < 4.78 is 101. The highest BCUT2D eigenvalue weighted by molar-refractivity contribution is 5.31. The van der Waals surface area contributed by atoms with Crippen LogP contribution in [0.4, 0.5) is 30.7 Å². The fraction of sp³-hybridized carbons (Fsp3) is 0.625. The minimum absolute atomic E-state index is 0.0402. The van der Waals surface area contributed by atoms with Crippen LogP contribution in [-0.4, -0.2) is 31.2 Å². The monoisotopic (exact) mass is 376 g/mol. The molecule has 9 heteroatoms. The standard InChI is InChI=1S/C16H19F7O2/c1-10(2)25-12-7-5-11(6-8-12)13(3,24-4)9-14(17,15(18,19)20)16(21,22)23/h5-8,10H,9H2,1-4H3. The molecule has 1 aromatic rings. The lowest BCUT2D eigenvalue weighted by Crippen LogP contribution is -2.56. The second-order valence-electron chi connectivity index (χ2n) is 6.10. The van der Waals surface area contributed by atoms with Crippen LogP contribution in [0.1, 0.15) is 32.8 Å². The van der Waals surface area contributed by atoms with Crippen LogP contribution < -0.4 is 4.74 Å². The van der Waals surface area contributed by atoms with Crippen LogP contribution in [-0.2, 0) is 10.3 Å². The first kappa shape index (κ1) is 21.5. The molecule has 0 N–H and O–H groups in total. The molecule has 0 amide bonds. The van der Waals surface area contributed by atoms with Crippen LogP contribution in [0.15, 0.2) is 24.3 Å². The largest absolute Gasteiger partial charge is 0.491 e. The number of alkyl halides is 7. The molecule has 1 aromatic carbocycles. The van der Waals surface area contributed by atoms with Gasteiger partial charge in [-0.1, -0.05) is 12.1 Å². The normalized spacial score (nSPS) is 16.0. The average Bonchev–Trinajstić information content (AvgIpc) is 2.44. The molecule has 0 spiro atoms. The van der Waals surface area contributed by atoms with Crippen molar-refractivity contribution >= 4 is 0 Å². The molecule has 1 unspecified atom stereocenters. The fourth-order valence-corrected chi connectivity index (χ4v) is 2.28. The average molecular weight is 376 g/mol. The molecule has 25 heavy (non-hydrogen) atoms. The maximum atomic E-state index is 14.1. The molecular formula is C16H19F7O2. The minimum atomic E-state index is -6.13. The zero-order valence-corrected chi connectivity index (χ0v) is 14.1. The summed E-state index contributed by atoms with van der Waals surface area (Å²) >= 11 is 0. The van der Waals surface area contributed by atoms with Gasteiger partial charge in [0.05, 0.1) is 11.7 Å². The molecular weight excluding hydrogens is 357 g/mol. The summed E-state index contributed by atoms with van der Waals surface area (Å²) in [6.07, 6.45) is -14.4. The van der Waals surface area contributed by atoms with E-state index in [2.05, 4.69) is 0 Å². The predicted molar refractivity (Wildman–Crippen MR) is 77.1 cm³/mol. The highest BCUT2D eigenvalue weighted by Gasteiger charge is 2.74. The van der Waals surface area contributed by atoms with Gasteiger partial charge in [0.15, 0.2) is 0 Å². The molecule has 144 valence electrons. The Kier molecular flexibility index (Phi) is 6.04. The maximum Gasteiger partial charge on any atom is 0.431 e. The third-order valence-electron chi connectivity index (χ3n) is 3.77. The zero-order valence-electron chi connectivity index (χ0n) is 14.1. The molecule has 1 atom stereocenters. The zero-order chi connectivity index (χ0) is 19.7. The van der Waals surface area contributed by atoms with Crippen LogP contribution in [0.5, 0.6) is 5.75 Å². The molecule has 0 heterocycles. The quantitative estimate of drug-likeness (QED) is 0.606. The van der Waals surface area contributed by atoms with Gasteiger partial charge in [-0.3, -0.25) is 0 Å². The molecule has 1 rings (SSSR count). The van der Waals surface area contributed by atoms with Gasteiger partial charge in [-0.05, 0) is 38.5 Å². The predicted octanol–water partition coefficient (Wildman–Crippen LogP) is 5.56. The van der Waals surface area contributed by atoms with Crippen LogP contribution in [0.2, 0.25) is 0 Å². The lowest BCUT2D eigenvalue weighted by atomic mass is 9.83. The Morgan fingerprint density at radius 3 is 1.64 bits per heavy atom. The first-order chi connectivity index (χ1) is 11.2. The highest BCUT2D eigenvalue weighted by atomic mass is 19.4. The molecule has 0 radical (unpaired) electrons. The Balaban J connectivity index is 3.25. The van der Waals surface area contributed by atoms with Crippen LogP contribution >= 0.6 is 0 Å². The van der Waals surface area contributed by atoms with Crippen molar-refractivity contribution in [2.75, 3.05) is 7.11 Å². The summed E-state index contributed by atoms with van der Waals surface area (Å²) in [5.74, 6) is 0.371. The van der Waals surface area contributed by atoms with E-state index in [9.17, 15) is 30.7 Å². The Hall–Kier alpha value is -1.51. The number of halogens is 7. The fourth-order valence-electron chi connectivity index (χ4n) is 2.28. The second-order valence-corrected chi connectivity index (χ2v) is 6.10. The molecule has 2 nitrogen and oxygen atoms in total. The lowest BCUT2D eigenvalue weighted by Gasteiger charge is -2.38. The number of rotatable bonds is 6. The van der Waals surface area contributed by atoms with Crippen molar-refractivity contribution in [3.8, 4) is 5.75 Å². The summed E-state index contributed by atoms with van der Waals surface area (Å²) in [7, 11) is 0.922. The van der Waals surface area contributed by atoms with E-state index in [1.807, 2.05) is 0 Å². The molecule has 0 aromatic heterocycles. The molecule has 0 fully saturated rings. The third-order valence-corrected chi connectivity index (χ3v) is 3.77. The van der Waals surface area contributed by atoms with Crippen molar-refractivity contribution in [3.63, 3.8) is 0 Å². The minimum Gasteiger partial charge on any atom is -0.491 e. The number of benzene rings is 1. The number of hydrogen-bond acceptors (Lipinski definition) is 2. The van der Waals surface area contributed by atoms with Crippen LogP contribution in [0.25, 0.3) is 0 Å². The van der Waals surface area contributed by atoms with Crippen molar-refractivity contribution < 1.29 is 40.2 Å². The Morgan fingerprint density at radius 1 is 0.880 bits per heavy atom. The smallest absolute Gasteiger partial charge is 0.431 e. The first-order valence-electron chi connectivity index (χ1n) is 7.31. The van der Waals surface area contributed by atoms with Crippen molar-refractivity contribution in [3.05, 3.63) is 29.8 Å². The van der Waals surface area contributed by atoms with Gasteiger partial charge in [-0.25, -0.2) is 4.39 Å². The van der Waals surface area contributed by atoms with Crippen molar-refractivity contribution in [2.24, 2.45) is 0 Å². The lowest BCUT2D eigenvalue weighted by molar-refractivity contribution is -0.353. The Morgan fingerprint density at radius 2 is 1.32 bits per heavy atom. The summed E-state index contributed by atoms with van der Waals surface area (Å²) in [6.45, 7) is 4.46. The number of hydrogen-bond donors (Lipinski definition) is 0. The van der Waals surface area contributed by atoms with Crippen molar-refractivity contribution in [1.29, 1.82) is 0 Å². The van der Waals surface area contributed by atoms with Gasteiger partial charge in [0.1, 0.15) is 5.75 Å². The Bertz CT molecular complexity index is 549. The Labute approximate surface area is 140 Å². The topological polar surface area (TPSA) is 18.5 Å². The number of methoxy groups -OCH3 is 1. The van der Waals surface area contributed by atoms with Gasteiger partial charge in [0, 0.05) is 13.5 Å². The van der Waals surface area contributed by atoms with Gasteiger partial charge in [-0.2, -0.15) is 26.3 Å². The van der Waals surface area contributed by atoms with E-state index in [-0.39, 0.29) is 11.7 Å². The first-order valence-corrected chi connectivity index (χ1v) is 7.31. The van der Waals surface area contributed by atoms with Crippen LogP contribution in [0, 0.1) is 0 Å². The molecule has 0 saturated carbocycles. The van der Waals surface area contributed by atoms with Crippen LogP contribution in [0.3, 0.4) is 0 Å². The van der Waals surface area contributed by atoms with Crippen molar-refractivity contribution in [2.45, 2.75) is 56.9 Å². The van der Waals surface area contributed by atoms with Gasteiger partial charge < -0.3 is 9.47 Å². The molecule has 0 aliphatic rings. The molecule has 0 saturated heterocycles. The summed E-state index contributed by atoms with van der Waals surface area (Å²) in [6, 6.07) is 5.23. The molecule has 0 aliphatic heterocycles.